The van der Waals surface area contributed by atoms with E-state index in [4.69, 9.17) is 27.9 Å². The molecule has 0 saturated carbocycles. The van der Waals surface area contributed by atoms with Gasteiger partial charge in [0.05, 0.1) is 22.3 Å². The maximum atomic E-state index is 12.2. The zero-order valence-corrected chi connectivity index (χ0v) is 18.3. The first kappa shape index (κ1) is 21.0. The minimum Gasteiger partial charge on any atom is -0.461 e. The first-order valence-electron chi connectivity index (χ1n) is 10.3. The molecule has 0 spiro atoms. The van der Waals surface area contributed by atoms with Crippen LogP contribution in [0.3, 0.4) is 0 Å². The van der Waals surface area contributed by atoms with Crippen LogP contribution in [0, 0.1) is 0 Å². The third-order valence-electron chi connectivity index (χ3n) is 5.50. The molecule has 30 heavy (non-hydrogen) atoms. The van der Waals surface area contributed by atoms with Crippen LogP contribution in [0.1, 0.15) is 23.3 Å². The quantitative estimate of drug-likeness (QED) is 0.399. The van der Waals surface area contributed by atoms with Gasteiger partial charge in [-0.1, -0.05) is 47.5 Å². The normalized spacial score (nSPS) is 14.9. The van der Waals surface area contributed by atoms with Crippen LogP contribution in [0.2, 0.25) is 10.0 Å². The summed E-state index contributed by atoms with van der Waals surface area (Å²) in [5.41, 5.74) is 2.46. The smallest absolute Gasteiger partial charge is 0.354 e. The maximum Gasteiger partial charge on any atom is 0.354 e. The molecule has 4 rings (SSSR count). The molecule has 158 valence electrons. The number of piperazine rings is 1. The van der Waals surface area contributed by atoms with E-state index < -0.39 is 0 Å². The standard InChI is InChI=1S/C23H25Cl2N3O2/c24-18-7-5-9-21(22(18)25)28-13-11-27(12-14-28)10-3-4-15-30-23(29)20-16-17-6-1-2-8-19(17)26-20/h1-2,5-9,16,26H,3-4,10-15H2. The van der Waals surface area contributed by atoms with Crippen LogP contribution in [-0.4, -0.2) is 55.2 Å². The summed E-state index contributed by atoms with van der Waals surface area (Å²) in [4.78, 5) is 20.0. The second-order valence-corrected chi connectivity index (χ2v) is 8.30. The molecule has 1 saturated heterocycles. The average molecular weight is 446 g/mol. The fraction of sp³-hybridized carbons (Fsp3) is 0.348. The first-order chi connectivity index (χ1) is 14.6. The fourth-order valence-electron chi connectivity index (χ4n) is 3.81. The van der Waals surface area contributed by atoms with Crippen molar-refractivity contribution in [1.29, 1.82) is 0 Å². The van der Waals surface area contributed by atoms with Crippen molar-refractivity contribution in [2.75, 3.05) is 44.2 Å². The van der Waals surface area contributed by atoms with Gasteiger partial charge in [0, 0.05) is 37.1 Å². The van der Waals surface area contributed by atoms with Crippen molar-refractivity contribution in [3.63, 3.8) is 0 Å². The molecule has 0 aliphatic carbocycles. The van der Waals surface area contributed by atoms with Crippen LogP contribution >= 0.6 is 23.2 Å². The van der Waals surface area contributed by atoms with Crippen LogP contribution < -0.4 is 4.90 Å². The first-order valence-corrected chi connectivity index (χ1v) is 11.0. The van der Waals surface area contributed by atoms with E-state index in [2.05, 4.69) is 14.8 Å². The molecule has 0 radical (unpaired) electrons. The van der Waals surface area contributed by atoms with Crippen LogP contribution in [0.15, 0.2) is 48.5 Å². The van der Waals surface area contributed by atoms with Gasteiger partial charge in [0.1, 0.15) is 5.69 Å². The van der Waals surface area contributed by atoms with Gasteiger partial charge in [-0.3, -0.25) is 4.90 Å². The van der Waals surface area contributed by atoms with Crippen molar-refractivity contribution in [2.24, 2.45) is 0 Å². The minimum absolute atomic E-state index is 0.293. The molecule has 1 fully saturated rings. The van der Waals surface area contributed by atoms with Crippen LogP contribution in [0.5, 0.6) is 0 Å². The van der Waals surface area contributed by atoms with E-state index >= 15 is 0 Å². The number of ether oxygens (including phenoxy) is 1. The van der Waals surface area contributed by atoms with Gasteiger partial charge in [0.25, 0.3) is 0 Å². The number of hydrogen-bond acceptors (Lipinski definition) is 4. The van der Waals surface area contributed by atoms with Gasteiger partial charge in [-0.15, -0.1) is 0 Å². The van der Waals surface area contributed by atoms with Crippen molar-refractivity contribution >= 4 is 45.8 Å². The molecule has 3 aromatic rings. The number of unbranched alkanes of at least 4 members (excludes halogenated alkanes) is 1. The Kier molecular flexibility index (Phi) is 6.82. The number of esters is 1. The van der Waals surface area contributed by atoms with Gasteiger partial charge in [-0.2, -0.15) is 0 Å². The van der Waals surface area contributed by atoms with Gasteiger partial charge in [-0.05, 0) is 43.7 Å². The summed E-state index contributed by atoms with van der Waals surface area (Å²) in [6.45, 7) is 5.26. The van der Waals surface area contributed by atoms with Crippen molar-refractivity contribution < 1.29 is 9.53 Å². The molecule has 7 heteroatoms. The molecule has 0 amide bonds. The molecule has 1 aliphatic rings. The maximum absolute atomic E-state index is 12.2. The van der Waals surface area contributed by atoms with Gasteiger partial charge < -0.3 is 14.6 Å². The van der Waals surface area contributed by atoms with Gasteiger partial charge >= 0.3 is 5.97 Å². The summed E-state index contributed by atoms with van der Waals surface area (Å²) in [6, 6.07) is 15.4. The summed E-state index contributed by atoms with van der Waals surface area (Å²) >= 11 is 12.5. The predicted molar refractivity (Wildman–Crippen MR) is 123 cm³/mol. The Morgan fingerprint density at radius 3 is 2.60 bits per heavy atom. The summed E-state index contributed by atoms with van der Waals surface area (Å²) in [5, 5.41) is 2.24. The molecular weight excluding hydrogens is 421 g/mol. The van der Waals surface area contributed by atoms with E-state index in [9.17, 15) is 4.79 Å². The van der Waals surface area contributed by atoms with E-state index in [1.54, 1.807) is 0 Å². The number of para-hydroxylation sites is 1. The predicted octanol–water partition coefficient (Wildman–Crippen LogP) is 5.23. The number of nitrogens with zero attached hydrogens (tertiary/aromatic N) is 2. The van der Waals surface area contributed by atoms with Crippen molar-refractivity contribution in [2.45, 2.75) is 12.8 Å². The van der Waals surface area contributed by atoms with E-state index in [0.29, 0.717) is 22.3 Å². The highest BCUT2D eigenvalue weighted by molar-refractivity contribution is 6.43. The number of anilines is 1. The van der Waals surface area contributed by atoms with Crippen LogP contribution in [0.4, 0.5) is 5.69 Å². The van der Waals surface area contributed by atoms with Crippen molar-refractivity contribution in [3.8, 4) is 0 Å². The van der Waals surface area contributed by atoms with Gasteiger partial charge in [-0.25, -0.2) is 4.79 Å². The van der Waals surface area contributed by atoms with Gasteiger partial charge in [0.2, 0.25) is 0 Å². The molecule has 2 aromatic carbocycles. The Labute approximate surface area is 186 Å². The molecule has 1 N–H and O–H groups in total. The highest BCUT2D eigenvalue weighted by Crippen LogP contribution is 2.32. The number of carbonyl (C=O) groups is 1. The third kappa shape index (κ3) is 4.91. The molecule has 0 atom stereocenters. The van der Waals surface area contributed by atoms with Crippen LogP contribution in [-0.2, 0) is 4.74 Å². The highest BCUT2D eigenvalue weighted by Gasteiger charge is 2.19. The minimum atomic E-state index is -0.293. The van der Waals surface area contributed by atoms with E-state index in [1.807, 2.05) is 48.5 Å². The number of H-pyrrole nitrogens is 1. The topological polar surface area (TPSA) is 48.6 Å². The number of carbonyl (C=O) groups excluding carboxylic acids is 1. The fourth-order valence-corrected chi connectivity index (χ4v) is 4.23. The average Bonchev–Trinajstić information content (AvgIpc) is 3.20. The second kappa shape index (κ2) is 9.73. The second-order valence-electron chi connectivity index (χ2n) is 7.51. The summed E-state index contributed by atoms with van der Waals surface area (Å²) < 4.78 is 5.42. The lowest BCUT2D eigenvalue weighted by atomic mass is 10.2. The monoisotopic (exact) mass is 445 g/mol. The van der Waals surface area contributed by atoms with Crippen molar-refractivity contribution in [3.05, 3.63) is 64.3 Å². The lowest BCUT2D eigenvalue weighted by Crippen LogP contribution is -2.46. The Hall–Kier alpha value is -2.21. The Bertz CT molecular complexity index is 980. The number of aromatic amines is 1. The number of rotatable bonds is 7. The number of hydrogen-bond donors (Lipinski definition) is 1. The highest BCUT2D eigenvalue weighted by atomic mass is 35.5. The summed E-state index contributed by atoms with van der Waals surface area (Å²) in [7, 11) is 0. The van der Waals surface area contributed by atoms with E-state index in [1.165, 1.54) is 0 Å². The number of nitrogens with one attached hydrogen (secondary N) is 1. The lowest BCUT2D eigenvalue weighted by Gasteiger charge is -2.36. The lowest BCUT2D eigenvalue weighted by molar-refractivity contribution is 0.0489. The SMILES string of the molecule is O=C(OCCCCN1CCN(c2cccc(Cl)c2Cl)CC1)c1cc2ccccc2[nH]1. The Morgan fingerprint density at radius 2 is 1.80 bits per heavy atom. The zero-order chi connectivity index (χ0) is 20.9. The summed E-state index contributed by atoms with van der Waals surface area (Å²) in [6.07, 6.45) is 1.85. The van der Waals surface area contributed by atoms with Crippen LogP contribution in [0.25, 0.3) is 10.9 Å². The van der Waals surface area contributed by atoms with Crippen molar-refractivity contribution in [1.82, 2.24) is 9.88 Å². The van der Waals surface area contributed by atoms with Gasteiger partial charge in [0.15, 0.2) is 0 Å². The number of benzene rings is 2. The molecule has 1 aliphatic heterocycles. The number of aromatic nitrogens is 1. The summed E-state index contributed by atoms with van der Waals surface area (Å²) in [5.74, 6) is -0.293. The molecule has 0 unspecified atom stereocenters. The molecule has 2 heterocycles. The Balaban J connectivity index is 1.15. The largest absolute Gasteiger partial charge is 0.461 e. The molecule has 1 aromatic heterocycles. The number of halogens is 2. The third-order valence-corrected chi connectivity index (χ3v) is 6.30. The molecule has 5 nitrogen and oxygen atoms in total. The number of fused-ring (bicyclic) bond motifs is 1. The van der Waals surface area contributed by atoms with E-state index in [0.717, 1.165) is 62.2 Å². The van der Waals surface area contributed by atoms with E-state index in [-0.39, 0.29) is 5.97 Å². The molecular formula is C23H25Cl2N3O2. The molecule has 0 bridgehead atoms. The zero-order valence-electron chi connectivity index (χ0n) is 16.7. The Morgan fingerprint density at radius 1 is 1.00 bits per heavy atom.